The van der Waals surface area contributed by atoms with Crippen LogP contribution in [0.1, 0.15) is 31.4 Å². The highest BCUT2D eigenvalue weighted by Gasteiger charge is 2.28. The third-order valence-electron chi connectivity index (χ3n) is 3.66. The molecule has 0 aliphatic carbocycles. The minimum Gasteiger partial charge on any atom is -0.473 e. The molecule has 0 unspecified atom stereocenters. The van der Waals surface area contributed by atoms with Crippen molar-refractivity contribution in [3.8, 4) is 0 Å². The zero-order chi connectivity index (χ0) is 17.4. The second kappa shape index (κ2) is 8.89. The lowest BCUT2D eigenvalue weighted by molar-refractivity contribution is -0.159. The zero-order valence-electron chi connectivity index (χ0n) is 13.2. The standard InChI is InChI=1S/C14H20N2O.C2H2O4/c1-11(12-7-4-3-5-8-12)15-14(17)13-9-6-10-16(13)2;3-1(4)2(5)6/h3-5,7-8,11,13H,6,9-10H2,1-2H3,(H,15,17);(H,3,4)(H,5,6)/t11-,13-;/m1./s1. The molecule has 0 bridgehead atoms. The Morgan fingerprint density at radius 3 is 2.17 bits per heavy atom. The second-order valence-electron chi connectivity index (χ2n) is 5.39. The highest BCUT2D eigenvalue weighted by Crippen LogP contribution is 2.17. The Balaban J connectivity index is 0.000000379. The van der Waals surface area contributed by atoms with E-state index in [1.807, 2.05) is 44.3 Å². The van der Waals surface area contributed by atoms with Crippen molar-refractivity contribution in [2.75, 3.05) is 13.6 Å². The van der Waals surface area contributed by atoms with E-state index in [0.29, 0.717) is 0 Å². The van der Waals surface area contributed by atoms with Gasteiger partial charge in [-0.25, -0.2) is 9.59 Å². The van der Waals surface area contributed by atoms with Crippen molar-refractivity contribution in [2.45, 2.75) is 31.8 Å². The van der Waals surface area contributed by atoms with Crippen molar-refractivity contribution in [3.63, 3.8) is 0 Å². The third-order valence-corrected chi connectivity index (χ3v) is 3.66. The van der Waals surface area contributed by atoms with Gasteiger partial charge < -0.3 is 15.5 Å². The van der Waals surface area contributed by atoms with Crippen LogP contribution >= 0.6 is 0 Å². The molecule has 1 aliphatic rings. The van der Waals surface area contributed by atoms with Crippen LogP contribution in [0.3, 0.4) is 0 Å². The summed E-state index contributed by atoms with van der Waals surface area (Å²) >= 11 is 0. The number of carbonyl (C=O) groups excluding carboxylic acids is 1. The fourth-order valence-corrected chi connectivity index (χ4v) is 2.38. The van der Waals surface area contributed by atoms with E-state index in [0.717, 1.165) is 24.9 Å². The Kier molecular flexibility index (Phi) is 7.21. The molecule has 7 nitrogen and oxygen atoms in total. The third kappa shape index (κ3) is 6.07. The number of rotatable bonds is 3. The summed E-state index contributed by atoms with van der Waals surface area (Å²) in [5, 5.41) is 17.9. The van der Waals surface area contributed by atoms with Gasteiger partial charge in [-0.15, -0.1) is 0 Å². The van der Waals surface area contributed by atoms with Gasteiger partial charge in [-0.1, -0.05) is 30.3 Å². The summed E-state index contributed by atoms with van der Waals surface area (Å²) in [6, 6.07) is 10.2. The Labute approximate surface area is 134 Å². The zero-order valence-corrected chi connectivity index (χ0v) is 13.2. The molecule has 2 atom stereocenters. The first-order valence-corrected chi connectivity index (χ1v) is 7.34. The summed E-state index contributed by atoms with van der Waals surface area (Å²) in [6.07, 6.45) is 2.10. The predicted octanol–water partition coefficient (Wildman–Crippen LogP) is 1.11. The molecule has 0 aromatic heterocycles. The molecule has 1 fully saturated rings. The van der Waals surface area contributed by atoms with Gasteiger partial charge in [0.25, 0.3) is 0 Å². The normalized spacial score (nSPS) is 18.4. The number of nitrogens with zero attached hydrogens (tertiary/aromatic N) is 1. The van der Waals surface area contributed by atoms with Crippen LogP contribution in [-0.2, 0) is 14.4 Å². The maximum atomic E-state index is 12.1. The van der Waals surface area contributed by atoms with Gasteiger partial charge in [-0.05, 0) is 38.9 Å². The van der Waals surface area contributed by atoms with E-state index < -0.39 is 11.9 Å². The number of hydrogen-bond acceptors (Lipinski definition) is 4. The molecular weight excluding hydrogens is 300 g/mol. The van der Waals surface area contributed by atoms with Gasteiger partial charge in [0.15, 0.2) is 0 Å². The molecule has 0 spiro atoms. The van der Waals surface area contributed by atoms with E-state index in [9.17, 15) is 4.79 Å². The summed E-state index contributed by atoms with van der Waals surface area (Å²) in [7, 11) is 2.02. The van der Waals surface area contributed by atoms with Crippen LogP contribution in [0, 0.1) is 0 Å². The van der Waals surface area contributed by atoms with E-state index >= 15 is 0 Å². The first-order chi connectivity index (χ1) is 10.8. The van der Waals surface area contributed by atoms with E-state index in [-0.39, 0.29) is 18.0 Å². The van der Waals surface area contributed by atoms with Crippen molar-refractivity contribution in [1.29, 1.82) is 0 Å². The highest BCUT2D eigenvalue weighted by atomic mass is 16.4. The minimum absolute atomic E-state index is 0.0566. The summed E-state index contributed by atoms with van der Waals surface area (Å²) < 4.78 is 0. The molecular formula is C16H22N2O5. The Bertz CT molecular complexity index is 535. The number of benzene rings is 1. The number of aliphatic carboxylic acids is 2. The van der Waals surface area contributed by atoms with E-state index in [1.54, 1.807) is 0 Å². The molecule has 3 N–H and O–H groups in total. The van der Waals surface area contributed by atoms with Crippen molar-refractivity contribution < 1.29 is 24.6 Å². The number of likely N-dealkylation sites (N-methyl/N-ethyl adjacent to an activating group) is 1. The van der Waals surface area contributed by atoms with Crippen LogP contribution in [0.2, 0.25) is 0 Å². The van der Waals surface area contributed by atoms with Crippen LogP contribution in [-0.4, -0.2) is 52.6 Å². The lowest BCUT2D eigenvalue weighted by Crippen LogP contribution is -2.42. The number of amides is 1. The molecule has 126 valence electrons. The fourth-order valence-electron chi connectivity index (χ4n) is 2.38. The lowest BCUT2D eigenvalue weighted by atomic mass is 10.1. The molecule has 0 radical (unpaired) electrons. The number of carbonyl (C=O) groups is 3. The van der Waals surface area contributed by atoms with Gasteiger partial charge in [-0.3, -0.25) is 9.69 Å². The van der Waals surface area contributed by atoms with Gasteiger partial charge in [0.1, 0.15) is 0 Å². The van der Waals surface area contributed by atoms with Gasteiger partial charge in [-0.2, -0.15) is 0 Å². The average molecular weight is 322 g/mol. The number of carboxylic acids is 2. The maximum absolute atomic E-state index is 12.1. The molecule has 7 heteroatoms. The van der Waals surface area contributed by atoms with E-state index in [2.05, 4.69) is 10.2 Å². The topological polar surface area (TPSA) is 107 Å². The van der Waals surface area contributed by atoms with Crippen molar-refractivity contribution in [2.24, 2.45) is 0 Å². The summed E-state index contributed by atoms with van der Waals surface area (Å²) in [5.41, 5.74) is 1.15. The number of hydrogen-bond donors (Lipinski definition) is 3. The lowest BCUT2D eigenvalue weighted by Gasteiger charge is -2.22. The van der Waals surface area contributed by atoms with Crippen molar-refractivity contribution in [1.82, 2.24) is 10.2 Å². The Hall–Kier alpha value is -2.41. The average Bonchev–Trinajstić information content (AvgIpc) is 2.95. The van der Waals surface area contributed by atoms with Crippen LogP contribution in [0.4, 0.5) is 0 Å². The number of carboxylic acid groups (broad SMARTS) is 2. The van der Waals surface area contributed by atoms with E-state index in [4.69, 9.17) is 19.8 Å². The first kappa shape index (κ1) is 18.6. The van der Waals surface area contributed by atoms with Crippen LogP contribution in [0.5, 0.6) is 0 Å². The predicted molar refractivity (Wildman–Crippen MR) is 83.9 cm³/mol. The summed E-state index contributed by atoms with van der Waals surface area (Å²) in [6.45, 7) is 3.06. The van der Waals surface area contributed by atoms with Gasteiger partial charge in [0, 0.05) is 0 Å². The maximum Gasteiger partial charge on any atom is 0.414 e. The Morgan fingerprint density at radius 2 is 1.74 bits per heavy atom. The molecule has 1 aliphatic heterocycles. The number of nitrogens with one attached hydrogen (secondary N) is 1. The van der Waals surface area contributed by atoms with Gasteiger partial charge >= 0.3 is 11.9 Å². The summed E-state index contributed by atoms with van der Waals surface area (Å²) in [4.78, 5) is 32.4. The molecule has 23 heavy (non-hydrogen) atoms. The second-order valence-corrected chi connectivity index (χ2v) is 5.39. The molecule has 1 saturated heterocycles. The van der Waals surface area contributed by atoms with Gasteiger partial charge in [0.2, 0.25) is 5.91 Å². The molecule has 1 aromatic carbocycles. The smallest absolute Gasteiger partial charge is 0.414 e. The van der Waals surface area contributed by atoms with Crippen molar-refractivity contribution >= 4 is 17.8 Å². The molecule has 1 amide bonds. The first-order valence-electron chi connectivity index (χ1n) is 7.34. The largest absolute Gasteiger partial charge is 0.473 e. The highest BCUT2D eigenvalue weighted by molar-refractivity contribution is 6.27. The summed E-state index contributed by atoms with van der Waals surface area (Å²) in [5.74, 6) is -3.49. The number of likely N-dealkylation sites (tertiary alicyclic amines) is 1. The fraction of sp³-hybridized carbons (Fsp3) is 0.438. The quantitative estimate of drug-likeness (QED) is 0.720. The molecule has 0 saturated carbocycles. The van der Waals surface area contributed by atoms with Crippen LogP contribution in [0.15, 0.2) is 30.3 Å². The Morgan fingerprint density at radius 1 is 1.17 bits per heavy atom. The molecule has 1 heterocycles. The van der Waals surface area contributed by atoms with Crippen LogP contribution < -0.4 is 5.32 Å². The van der Waals surface area contributed by atoms with Gasteiger partial charge in [0.05, 0.1) is 12.1 Å². The minimum atomic E-state index is -1.82. The van der Waals surface area contributed by atoms with Crippen LogP contribution in [0.25, 0.3) is 0 Å². The molecule has 1 aromatic rings. The molecule has 2 rings (SSSR count). The van der Waals surface area contributed by atoms with E-state index in [1.165, 1.54) is 0 Å². The SMILES string of the molecule is C[C@@H](NC(=O)[C@H]1CCCN1C)c1ccccc1.O=C(O)C(=O)O. The monoisotopic (exact) mass is 322 g/mol. The van der Waals surface area contributed by atoms with Crippen molar-refractivity contribution in [3.05, 3.63) is 35.9 Å².